The number of halogens is 1. The molecule has 94 valence electrons. The predicted molar refractivity (Wildman–Crippen MR) is 78.9 cm³/mol. The fourth-order valence-corrected chi connectivity index (χ4v) is 2.29. The number of benzene rings is 2. The topological polar surface area (TPSA) is 54.7 Å². The number of H-pyrrole nitrogens is 1. The third kappa shape index (κ3) is 2.33. The molecule has 4 heteroatoms. The van der Waals surface area contributed by atoms with Gasteiger partial charge in [0.2, 0.25) is 0 Å². The van der Waals surface area contributed by atoms with Crippen LogP contribution in [0.1, 0.15) is 0 Å². The van der Waals surface area contributed by atoms with E-state index in [-0.39, 0.29) is 0 Å². The van der Waals surface area contributed by atoms with E-state index in [1.807, 2.05) is 42.5 Å². The minimum atomic E-state index is 0.413. The van der Waals surface area contributed by atoms with Crippen LogP contribution < -0.4 is 5.73 Å². The highest BCUT2D eigenvalue weighted by molar-refractivity contribution is 6.30. The first-order valence-corrected chi connectivity index (χ1v) is 6.27. The van der Waals surface area contributed by atoms with Crippen molar-refractivity contribution in [1.82, 2.24) is 9.97 Å². The Morgan fingerprint density at radius 3 is 2.47 bits per heavy atom. The van der Waals surface area contributed by atoms with E-state index in [0.717, 1.165) is 27.4 Å². The number of aromatic amines is 1. The Kier molecular flexibility index (Phi) is 2.97. The molecule has 3 N–H and O–H groups in total. The van der Waals surface area contributed by atoms with Crippen molar-refractivity contribution in [3.05, 3.63) is 59.8 Å². The first-order chi connectivity index (χ1) is 9.24. The summed E-state index contributed by atoms with van der Waals surface area (Å²) in [5.74, 6) is 0.413. The maximum absolute atomic E-state index is 6.06. The zero-order valence-electron chi connectivity index (χ0n) is 10.1. The maximum atomic E-state index is 6.06. The number of aromatic nitrogens is 2. The summed E-state index contributed by atoms with van der Waals surface area (Å²) in [5, 5.41) is 0.719. The van der Waals surface area contributed by atoms with Gasteiger partial charge in [0.05, 0.1) is 11.9 Å². The van der Waals surface area contributed by atoms with E-state index in [1.54, 1.807) is 6.20 Å². The molecule has 0 fully saturated rings. The second-order valence-electron chi connectivity index (χ2n) is 4.24. The standard InChI is InChI=1S/C15H12ClN3/c16-11-5-3-4-10(8-11)12-6-1-2-7-13(12)14-9-18-15(17)19-14/h1-9H,(H3,17,18,19). The second kappa shape index (κ2) is 4.78. The molecule has 0 aliphatic heterocycles. The first-order valence-electron chi connectivity index (χ1n) is 5.90. The third-order valence-electron chi connectivity index (χ3n) is 2.95. The highest BCUT2D eigenvalue weighted by atomic mass is 35.5. The molecule has 2 aromatic carbocycles. The molecule has 0 atom stereocenters. The molecule has 1 aromatic heterocycles. The molecule has 0 unspecified atom stereocenters. The van der Waals surface area contributed by atoms with E-state index in [9.17, 15) is 0 Å². The Balaban J connectivity index is 2.17. The van der Waals surface area contributed by atoms with Crippen LogP contribution in [0.2, 0.25) is 5.02 Å². The van der Waals surface area contributed by atoms with E-state index >= 15 is 0 Å². The van der Waals surface area contributed by atoms with Crippen molar-refractivity contribution in [3.63, 3.8) is 0 Å². The van der Waals surface area contributed by atoms with Gasteiger partial charge in [-0.15, -0.1) is 0 Å². The lowest BCUT2D eigenvalue weighted by atomic mass is 9.98. The maximum Gasteiger partial charge on any atom is 0.197 e. The molecule has 0 aliphatic carbocycles. The predicted octanol–water partition coefficient (Wildman–Crippen LogP) is 3.98. The molecule has 0 amide bonds. The van der Waals surface area contributed by atoms with Crippen LogP contribution in [-0.4, -0.2) is 9.97 Å². The molecule has 1 heterocycles. The smallest absolute Gasteiger partial charge is 0.197 e. The molecule has 19 heavy (non-hydrogen) atoms. The summed E-state index contributed by atoms with van der Waals surface area (Å²) in [5.41, 5.74) is 9.74. The number of rotatable bonds is 2. The fourth-order valence-electron chi connectivity index (χ4n) is 2.10. The number of nitrogens with two attached hydrogens (primary N) is 1. The van der Waals surface area contributed by atoms with Crippen molar-refractivity contribution in [3.8, 4) is 22.4 Å². The Bertz CT molecular complexity index is 719. The van der Waals surface area contributed by atoms with Crippen LogP contribution in [0.5, 0.6) is 0 Å². The summed E-state index contributed by atoms with van der Waals surface area (Å²) in [6, 6.07) is 15.9. The van der Waals surface area contributed by atoms with Crippen LogP contribution in [0, 0.1) is 0 Å². The Labute approximate surface area is 116 Å². The molecule has 3 aromatic rings. The summed E-state index contributed by atoms with van der Waals surface area (Å²) >= 11 is 6.06. The number of nitrogens with zero attached hydrogens (tertiary/aromatic N) is 1. The average Bonchev–Trinajstić information content (AvgIpc) is 2.85. The Morgan fingerprint density at radius 2 is 1.79 bits per heavy atom. The molecule has 3 nitrogen and oxygen atoms in total. The fraction of sp³-hybridized carbons (Fsp3) is 0. The van der Waals surface area contributed by atoms with Crippen molar-refractivity contribution in [2.45, 2.75) is 0 Å². The highest BCUT2D eigenvalue weighted by Gasteiger charge is 2.09. The van der Waals surface area contributed by atoms with Gasteiger partial charge in [-0.2, -0.15) is 0 Å². The van der Waals surface area contributed by atoms with Gasteiger partial charge < -0.3 is 10.7 Å². The molecule has 3 rings (SSSR count). The minimum Gasteiger partial charge on any atom is -0.369 e. The number of imidazole rings is 1. The summed E-state index contributed by atoms with van der Waals surface area (Å²) in [6.45, 7) is 0. The monoisotopic (exact) mass is 269 g/mol. The summed E-state index contributed by atoms with van der Waals surface area (Å²) in [7, 11) is 0. The van der Waals surface area contributed by atoms with Gasteiger partial charge in [0.15, 0.2) is 5.95 Å². The number of hydrogen-bond acceptors (Lipinski definition) is 2. The molecule has 0 radical (unpaired) electrons. The quantitative estimate of drug-likeness (QED) is 0.739. The third-order valence-corrected chi connectivity index (χ3v) is 3.18. The van der Waals surface area contributed by atoms with E-state index in [1.165, 1.54) is 0 Å². The normalized spacial score (nSPS) is 10.6. The number of anilines is 1. The van der Waals surface area contributed by atoms with Gasteiger partial charge in [0.25, 0.3) is 0 Å². The van der Waals surface area contributed by atoms with Crippen LogP contribution in [0.3, 0.4) is 0 Å². The van der Waals surface area contributed by atoms with Gasteiger partial charge in [-0.25, -0.2) is 4.98 Å². The molecule has 0 bridgehead atoms. The number of hydrogen-bond donors (Lipinski definition) is 2. The van der Waals surface area contributed by atoms with Gasteiger partial charge in [-0.1, -0.05) is 48.0 Å². The van der Waals surface area contributed by atoms with Crippen LogP contribution in [0.15, 0.2) is 54.7 Å². The van der Waals surface area contributed by atoms with Gasteiger partial charge in [0.1, 0.15) is 0 Å². The lowest BCUT2D eigenvalue weighted by Gasteiger charge is -2.08. The molecule has 0 aliphatic rings. The SMILES string of the molecule is Nc1ncc(-c2ccccc2-c2cccc(Cl)c2)[nH]1. The highest BCUT2D eigenvalue weighted by Crippen LogP contribution is 2.32. The largest absolute Gasteiger partial charge is 0.369 e. The Hall–Kier alpha value is -2.26. The molecular weight excluding hydrogens is 258 g/mol. The minimum absolute atomic E-state index is 0.413. The van der Waals surface area contributed by atoms with E-state index in [0.29, 0.717) is 5.95 Å². The van der Waals surface area contributed by atoms with Crippen LogP contribution in [0.4, 0.5) is 5.95 Å². The number of nitrogen functional groups attached to an aromatic ring is 1. The summed E-state index contributed by atoms with van der Waals surface area (Å²) < 4.78 is 0. The second-order valence-corrected chi connectivity index (χ2v) is 4.67. The van der Waals surface area contributed by atoms with Crippen molar-refractivity contribution in [1.29, 1.82) is 0 Å². The molecule has 0 saturated carbocycles. The molecular formula is C15H12ClN3. The summed E-state index contributed by atoms with van der Waals surface area (Å²) in [4.78, 5) is 7.09. The van der Waals surface area contributed by atoms with Gasteiger partial charge >= 0.3 is 0 Å². The number of nitrogens with one attached hydrogen (secondary N) is 1. The van der Waals surface area contributed by atoms with Crippen LogP contribution in [-0.2, 0) is 0 Å². The van der Waals surface area contributed by atoms with Crippen molar-refractivity contribution >= 4 is 17.5 Å². The average molecular weight is 270 g/mol. The van der Waals surface area contributed by atoms with Crippen LogP contribution in [0.25, 0.3) is 22.4 Å². The Morgan fingerprint density at radius 1 is 1.00 bits per heavy atom. The first kappa shape index (κ1) is 11.8. The van der Waals surface area contributed by atoms with Crippen LogP contribution >= 0.6 is 11.6 Å². The lowest BCUT2D eigenvalue weighted by Crippen LogP contribution is -1.87. The zero-order valence-corrected chi connectivity index (χ0v) is 10.9. The zero-order chi connectivity index (χ0) is 13.2. The lowest BCUT2D eigenvalue weighted by molar-refractivity contribution is 1.33. The molecule has 0 spiro atoms. The van der Waals surface area contributed by atoms with Crippen molar-refractivity contribution in [2.75, 3.05) is 5.73 Å². The summed E-state index contributed by atoms with van der Waals surface area (Å²) in [6.07, 6.45) is 1.73. The van der Waals surface area contributed by atoms with Crippen molar-refractivity contribution < 1.29 is 0 Å². The van der Waals surface area contributed by atoms with Crippen molar-refractivity contribution in [2.24, 2.45) is 0 Å². The van der Waals surface area contributed by atoms with E-state index in [4.69, 9.17) is 17.3 Å². The van der Waals surface area contributed by atoms with E-state index in [2.05, 4.69) is 16.0 Å². The van der Waals surface area contributed by atoms with Gasteiger partial charge in [-0.05, 0) is 23.3 Å². The van der Waals surface area contributed by atoms with Gasteiger partial charge in [-0.3, -0.25) is 0 Å². The van der Waals surface area contributed by atoms with Gasteiger partial charge in [0, 0.05) is 10.6 Å². The van der Waals surface area contributed by atoms with E-state index < -0.39 is 0 Å². The molecule has 0 saturated heterocycles.